The normalized spacial score (nSPS) is 10.5. The third-order valence-corrected chi connectivity index (χ3v) is 4.42. The summed E-state index contributed by atoms with van der Waals surface area (Å²) < 4.78 is 1.20. The zero-order valence-corrected chi connectivity index (χ0v) is 12.5. The van der Waals surface area contributed by atoms with Crippen LogP contribution in [-0.2, 0) is 13.0 Å². The van der Waals surface area contributed by atoms with E-state index in [0.29, 0.717) is 0 Å². The van der Waals surface area contributed by atoms with Crippen LogP contribution in [0, 0.1) is 0 Å². The van der Waals surface area contributed by atoms with Crippen LogP contribution in [-0.4, -0.2) is 7.05 Å². The second-order valence-electron chi connectivity index (χ2n) is 4.08. The van der Waals surface area contributed by atoms with Crippen molar-refractivity contribution in [2.24, 2.45) is 0 Å². The molecule has 1 heterocycles. The molecular formula is C14H16BrNS. The number of rotatable bonds is 4. The Morgan fingerprint density at radius 3 is 2.35 bits per heavy atom. The minimum absolute atomic E-state index is 0.960. The summed E-state index contributed by atoms with van der Waals surface area (Å²) in [7, 11) is 2.13. The summed E-state index contributed by atoms with van der Waals surface area (Å²) in [5.74, 6) is 0. The molecule has 0 unspecified atom stereocenters. The van der Waals surface area contributed by atoms with Gasteiger partial charge in [0, 0.05) is 17.6 Å². The summed E-state index contributed by atoms with van der Waals surface area (Å²) in [4.78, 5) is 3.65. The molecule has 0 aliphatic heterocycles. The third kappa shape index (κ3) is 3.33. The molecule has 0 N–H and O–H groups in total. The molecule has 0 spiro atoms. The van der Waals surface area contributed by atoms with Crippen molar-refractivity contribution in [2.45, 2.75) is 19.9 Å². The summed E-state index contributed by atoms with van der Waals surface area (Å²) in [5, 5.41) is 0. The van der Waals surface area contributed by atoms with E-state index >= 15 is 0 Å². The van der Waals surface area contributed by atoms with E-state index in [0.717, 1.165) is 13.0 Å². The molecule has 0 atom stereocenters. The smallest absolute Gasteiger partial charge is 0.0702 e. The average Bonchev–Trinajstić information content (AvgIpc) is 2.75. The predicted octanol–water partition coefficient (Wildman–Crippen LogP) is 4.71. The van der Waals surface area contributed by atoms with Gasteiger partial charge in [-0.25, -0.2) is 0 Å². The molecule has 0 saturated carbocycles. The molecule has 0 radical (unpaired) electrons. The van der Waals surface area contributed by atoms with Gasteiger partial charge in [0.2, 0.25) is 0 Å². The van der Waals surface area contributed by atoms with E-state index in [4.69, 9.17) is 0 Å². The molecular weight excluding hydrogens is 294 g/mol. The van der Waals surface area contributed by atoms with Crippen LogP contribution in [0.4, 0.5) is 5.69 Å². The van der Waals surface area contributed by atoms with Gasteiger partial charge in [-0.3, -0.25) is 0 Å². The second kappa shape index (κ2) is 5.69. The minimum Gasteiger partial charge on any atom is -0.369 e. The van der Waals surface area contributed by atoms with Gasteiger partial charge in [0.15, 0.2) is 0 Å². The first-order chi connectivity index (χ1) is 8.19. The summed E-state index contributed by atoms with van der Waals surface area (Å²) in [6.45, 7) is 3.14. The van der Waals surface area contributed by atoms with Crippen molar-refractivity contribution in [3.8, 4) is 0 Å². The summed E-state index contributed by atoms with van der Waals surface area (Å²) in [6.07, 6.45) is 1.10. The van der Waals surface area contributed by atoms with Crippen molar-refractivity contribution in [3.05, 3.63) is 50.6 Å². The van der Waals surface area contributed by atoms with E-state index in [2.05, 4.69) is 71.2 Å². The lowest BCUT2D eigenvalue weighted by molar-refractivity contribution is 0.939. The van der Waals surface area contributed by atoms with Crippen LogP contribution in [0.15, 0.2) is 40.2 Å². The van der Waals surface area contributed by atoms with E-state index in [9.17, 15) is 0 Å². The maximum atomic E-state index is 3.50. The van der Waals surface area contributed by atoms with Crippen LogP contribution < -0.4 is 4.90 Å². The SMILES string of the molecule is CCc1ccc(N(C)Cc2ccc(Br)s2)cc1. The molecule has 1 nitrogen and oxygen atoms in total. The van der Waals surface area contributed by atoms with Gasteiger partial charge in [-0.15, -0.1) is 11.3 Å². The Kier molecular flexibility index (Phi) is 4.24. The molecule has 2 rings (SSSR count). The Morgan fingerprint density at radius 1 is 1.12 bits per heavy atom. The molecule has 90 valence electrons. The molecule has 0 saturated heterocycles. The Bertz CT molecular complexity index is 475. The van der Waals surface area contributed by atoms with Crippen molar-refractivity contribution in [3.63, 3.8) is 0 Å². The molecule has 0 amide bonds. The van der Waals surface area contributed by atoms with Crippen LogP contribution in [0.25, 0.3) is 0 Å². The monoisotopic (exact) mass is 309 g/mol. The summed E-state index contributed by atoms with van der Waals surface area (Å²) in [6, 6.07) is 13.1. The van der Waals surface area contributed by atoms with E-state index in [1.807, 2.05) is 0 Å². The molecule has 2 aromatic rings. The highest BCUT2D eigenvalue weighted by Gasteiger charge is 2.04. The highest BCUT2D eigenvalue weighted by Crippen LogP contribution is 2.24. The van der Waals surface area contributed by atoms with Crippen molar-refractivity contribution in [2.75, 3.05) is 11.9 Å². The first-order valence-corrected chi connectivity index (χ1v) is 7.34. The average molecular weight is 310 g/mol. The topological polar surface area (TPSA) is 3.24 Å². The number of hydrogen-bond donors (Lipinski definition) is 0. The number of anilines is 1. The number of hydrogen-bond acceptors (Lipinski definition) is 2. The molecule has 3 heteroatoms. The van der Waals surface area contributed by atoms with Crippen molar-refractivity contribution >= 4 is 33.0 Å². The zero-order valence-electron chi connectivity index (χ0n) is 10.1. The van der Waals surface area contributed by atoms with Crippen LogP contribution in [0.5, 0.6) is 0 Å². The van der Waals surface area contributed by atoms with Gasteiger partial charge in [-0.05, 0) is 52.2 Å². The maximum absolute atomic E-state index is 3.50. The van der Waals surface area contributed by atoms with Crippen molar-refractivity contribution in [1.29, 1.82) is 0 Å². The Hall–Kier alpha value is -0.800. The van der Waals surface area contributed by atoms with Gasteiger partial charge >= 0.3 is 0 Å². The highest BCUT2D eigenvalue weighted by molar-refractivity contribution is 9.11. The van der Waals surface area contributed by atoms with Crippen molar-refractivity contribution < 1.29 is 0 Å². The second-order valence-corrected chi connectivity index (χ2v) is 6.63. The van der Waals surface area contributed by atoms with Gasteiger partial charge in [0.05, 0.1) is 10.3 Å². The number of benzene rings is 1. The van der Waals surface area contributed by atoms with Crippen LogP contribution in [0.2, 0.25) is 0 Å². The highest BCUT2D eigenvalue weighted by atomic mass is 79.9. The lowest BCUT2D eigenvalue weighted by Crippen LogP contribution is -2.15. The first-order valence-electron chi connectivity index (χ1n) is 5.73. The van der Waals surface area contributed by atoms with E-state index in [1.54, 1.807) is 11.3 Å². The molecule has 17 heavy (non-hydrogen) atoms. The number of aryl methyl sites for hydroxylation is 1. The van der Waals surface area contributed by atoms with Gasteiger partial charge in [-0.1, -0.05) is 19.1 Å². The molecule has 0 fully saturated rings. The lowest BCUT2D eigenvalue weighted by Gasteiger charge is -2.18. The quantitative estimate of drug-likeness (QED) is 0.790. The molecule has 0 bridgehead atoms. The summed E-state index contributed by atoms with van der Waals surface area (Å²) >= 11 is 5.29. The molecule has 1 aromatic carbocycles. The van der Waals surface area contributed by atoms with Gasteiger partial charge < -0.3 is 4.90 Å². The Balaban J connectivity index is 2.06. The predicted molar refractivity (Wildman–Crippen MR) is 79.9 cm³/mol. The van der Waals surface area contributed by atoms with Gasteiger partial charge in [-0.2, -0.15) is 0 Å². The first kappa shape index (κ1) is 12.7. The Morgan fingerprint density at radius 2 is 1.82 bits per heavy atom. The van der Waals surface area contributed by atoms with Crippen molar-refractivity contribution in [1.82, 2.24) is 0 Å². The fourth-order valence-corrected chi connectivity index (χ4v) is 3.28. The van der Waals surface area contributed by atoms with Crippen LogP contribution >= 0.6 is 27.3 Å². The summed E-state index contributed by atoms with van der Waals surface area (Å²) in [5.41, 5.74) is 2.66. The number of thiophene rings is 1. The fourth-order valence-electron chi connectivity index (χ4n) is 1.75. The van der Waals surface area contributed by atoms with Gasteiger partial charge in [0.25, 0.3) is 0 Å². The van der Waals surface area contributed by atoms with E-state index in [-0.39, 0.29) is 0 Å². The minimum atomic E-state index is 0.960. The maximum Gasteiger partial charge on any atom is 0.0702 e. The molecule has 0 aliphatic rings. The van der Waals surface area contributed by atoms with E-state index in [1.165, 1.54) is 19.9 Å². The molecule has 1 aromatic heterocycles. The van der Waals surface area contributed by atoms with Crippen LogP contribution in [0.3, 0.4) is 0 Å². The number of halogens is 1. The lowest BCUT2D eigenvalue weighted by atomic mass is 10.1. The molecule has 0 aliphatic carbocycles. The number of nitrogens with zero attached hydrogens (tertiary/aromatic N) is 1. The zero-order chi connectivity index (χ0) is 12.3. The largest absolute Gasteiger partial charge is 0.369 e. The van der Waals surface area contributed by atoms with Crippen LogP contribution in [0.1, 0.15) is 17.4 Å². The van der Waals surface area contributed by atoms with Gasteiger partial charge in [0.1, 0.15) is 0 Å². The third-order valence-electron chi connectivity index (χ3n) is 2.81. The fraction of sp³-hybridized carbons (Fsp3) is 0.286. The Labute approximate surface area is 115 Å². The standard InChI is InChI=1S/C14H16BrNS/c1-3-11-4-6-12(7-5-11)16(2)10-13-8-9-14(15)17-13/h4-9H,3,10H2,1-2H3. The van der Waals surface area contributed by atoms with E-state index < -0.39 is 0 Å².